The second kappa shape index (κ2) is 6.33. The largest absolute Gasteiger partial charge is 0.497 e. The number of nitrogens with one attached hydrogen (secondary N) is 1. The van der Waals surface area contributed by atoms with Crippen LogP contribution in [0.4, 0.5) is 0 Å². The summed E-state index contributed by atoms with van der Waals surface area (Å²) in [5, 5.41) is 40.0. The summed E-state index contributed by atoms with van der Waals surface area (Å²) in [7, 11) is 1.56. The van der Waals surface area contributed by atoms with Gasteiger partial charge in [0.2, 0.25) is 11.7 Å². The third-order valence-electron chi connectivity index (χ3n) is 7.73. The molecule has 4 aliphatic rings. The van der Waals surface area contributed by atoms with Gasteiger partial charge in [0.15, 0.2) is 10.8 Å². The van der Waals surface area contributed by atoms with Crippen molar-refractivity contribution in [3.63, 3.8) is 0 Å². The molecule has 1 saturated carbocycles. The Balaban J connectivity index is 1.71. The number of rotatable bonds is 3. The molecule has 0 spiro atoms. The van der Waals surface area contributed by atoms with E-state index in [4.69, 9.17) is 19.6 Å². The highest BCUT2D eigenvalue weighted by atomic mass is 16.7. The Labute approximate surface area is 180 Å². The Hall–Kier alpha value is -3.34. The Morgan fingerprint density at radius 2 is 1.77 bits per heavy atom. The van der Waals surface area contributed by atoms with Gasteiger partial charge in [0, 0.05) is 6.92 Å². The number of benzene rings is 1. The van der Waals surface area contributed by atoms with Gasteiger partial charge >= 0.3 is 0 Å². The van der Waals surface area contributed by atoms with Crippen LogP contribution in [0.2, 0.25) is 0 Å². The van der Waals surface area contributed by atoms with Crippen LogP contribution in [0.3, 0.4) is 0 Å². The molecule has 2 aliphatic carbocycles. The van der Waals surface area contributed by atoms with E-state index in [0.717, 1.165) is 12.8 Å². The number of allylic oxidation sites excluding steroid dienone is 2. The number of methoxy groups -OCH3 is 1. The molecule has 0 amide bonds. The van der Waals surface area contributed by atoms with E-state index in [9.17, 15) is 15.8 Å². The van der Waals surface area contributed by atoms with E-state index < -0.39 is 28.6 Å². The van der Waals surface area contributed by atoms with Crippen LogP contribution in [-0.4, -0.2) is 24.9 Å². The maximum Gasteiger partial charge on any atom is 0.218 e. The van der Waals surface area contributed by atoms with E-state index in [0.29, 0.717) is 17.2 Å². The zero-order chi connectivity index (χ0) is 22.0. The summed E-state index contributed by atoms with van der Waals surface area (Å²) in [6, 6.07) is 13.6. The van der Waals surface area contributed by atoms with Gasteiger partial charge in [-0.15, -0.1) is 0 Å². The number of hydrogen-bond donors (Lipinski definition) is 1. The fraction of sp³-hybridized carbons (Fsp3) is 0.500. The minimum Gasteiger partial charge on any atom is -0.497 e. The van der Waals surface area contributed by atoms with Crippen LogP contribution in [0, 0.1) is 68.0 Å². The lowest BCUT2D eigenvalue weighted by Gasteiger charge is -2.51. The smallest absolute Gasteiger partial charge is 0.218 e. The van der Waals surface area contributed by atoms with Gasteiger partial charge in [-0.05, 0) is 48.3 Å². The van der Waals surface area contributed by atoms with Crippen molar-refractivity contribution in [3.05, 3.63) is 42.0 Å². The van der Waals surface area contributed by atoms with Crippen LogP contribution < -0.4 is 4.74 Å². The van der Waals surface area contributed by atoms with E-state index in [-0.39, 0.29) is 17.7 Å². The molecule has 7 atom stereocenters. The van der Waals surface area contributed by atoms with Crippen molar-refractivity contribution in [1.82, 2.24) is 0 Å². The number of ether oxygens (including phenoxy) is 3. The molecule has 7 unspecified atom stereocenters. The monoisotopic (exact) mass is 414 g/mol. The van der Waals surface area contributed by atoms with Gasteiger partial charge in [-0.1, -0.05) is 24.3 Å². The van der Waals surface area contributed by atoms with Crippen molar-refractivity contribution >= 4 is 5.90 Å². The number of fused-ring (bicyclic) bond motifs is 4. The molecule has 2 aliphatic heterocycles. The molecule has 3 fully saturated rings. The van der Waals surface area contributed by atoms with Gasteiger partial charge in [-0.3, -0.25) is 5.41 Å². The Bertz CT molecular complexity index is 1090. The van der Waals surface area contributed by atoms with Gasteiger partial charge in [0.05, 0.1) is 37.3 Å². The first-order valence-electron chi connectivity index (χ1n) is 10.4. The molecule has 5 rings (SSSR count). The summed E-state index contributed by atoms with van der Waals surface area (Å²) >= 11 is 0. The van der Waals surface area contributed by atoms with Crippen molar-refractivity contribution < 1.29 is 14.2 Å². The Morgan fingerprint density at radius 3 is 2.29 bits per heavy atom. The number of nitrogens with zero attached hydrogens (tertiary/aromatic N) is 3. The molecule has 31 heavy (non-hydrogen) atoms. The molecule has 0 radical (unpaired) electrons. The third kappa shape index (κ3) is 2.21. The van der Waals surface area contributed by atoms with Crippen LogP contribution in [0.1, 0.15) is 31.2 Å². The first kappa shape index (κ1) is 19.6. The quantitative estimate of drug-likeness (QED) is 0.753. The van der Waals surface area contributed by atoms with Crippen LogP contribution in [0.15, 0.2) is 36.4 Å². The first-order valence-corrected chi connectivity index (χ1v) is 10.4. The van der Waals surface area contributed by atoms with Crippen molar-refractivity contribution in [2.24, 2.45) is 28.6 Å². The Kier molecular flexibility index (Phi) is 4.00. The molecule has 1 N–H and O–H groups in total. The molecule has 0 aromatic heterocycles. The molecular weight excluding hydrogens is 392 g/mol. The molecule has 2 saturated heterocycles. The minimum absolute atomic E-state index is 0.0762. The van der Waals surface area contributed by atoms with Crippen LogP contribution in [-0.2, 0) is 9.47 Å². The zero-order valence-electron chi connectivity index (χ0n) is 17.3. The van der Waals surface area contributed by atoms with Crippen LogP contribution >= 0.6 is 0 Å². The van der Waals surface area contributed by atoms with Gasteiger partial charge in [-0.2, -0.15) is 15.8 Å². The van der Waals surface area contributed by atoms with Gasteiger partial charge < -0.3 is 14.2 Å². The average Bonchev–Trinajstić information content (AvgIpc) is 3.46. The summed E-state index contributed by atoms with van der Waals surface area (Å²) < 4.78 is 17.6. The average molecular weight is 414 g/mol. The van der Waals surface area contributed by atoms with Crippen molar-refractivity contribution in [2.75, 3.05) is 7.11 Å². The summed E-state index contributed by atoms with van der Waals surface area (Å²) in [6.07, 6.45) is 5.25. The van der Waals surface area contributed by atoms with Crippen LogP contribution in [0.25, 0.3) is 0 Å². The lowest BCUT2D eigenvalue weighted by molar-refractivity contribution is -0.264. The summed E-state index contributed by atoms with van der Waals surface area (Å²) in [5.74, 6) is -1.37. The second-order valence-electron chi connectivity index (χ2n) is 9.09. The van der Waals surface area contributed by atoms with E-state index in [1.807, 2.05) is 0 Å². The molecular formula is C24H22N4O3. The summed E-state index contributed by atoms with van der Waals surface area (Å²) in [4.78, 5) is 0. The van der Waals surface area contributed by atoms with Crippen molar-refractivity contribution in [2.45, 2.75) is 37.6 Å². The first-order chi connectivity index (χ1) is 14.9. The predicted molar refractivity (Wildman–Crippen MR) is 108 cm³/mol. The highest BCUT2D eigenvalue weighted by Gasteiger charge is 2.80. The third-order valence-corrected chi connectivity index (χ3v) is 7.73. The molecule has 2 heterocycles. The van der Waals surface area contributed by atoms with E-state index in [1.54, 1.807) is 38.3 Å². The predicted octanol–water partition coefficient (Wildman–Crippen LogP) is 3.66. The molecule has 7 nitrogen and oxygen atoms in total. The lowest BCUT2D eigenvalue weighted by atomic mass is 9.51. The SMILES string of the molecule is COc1ccc(C2C3(C)OC(=N)C2(C#N)C(C#N)(C#N)C(C2CC4C=CC2C4)O3)cc1. The maximum atomic E-state index is 10.5. The molecule has 1 aromatic rings. The highest BCUT2D eigenvalue weighted by molar-refractivity contribution is 5.90. The summed E-state index contributed by atoms with van der Waals surface area (Å²) in [6.45, 7) is 1.71. The van der Waals surface area contributed by atoms with Gasteiger partial charge in [0.25, 0.3) is 0 Å². The van der Waals surface area contributed by atoms with E-state index >= 15 is 0 Å². The standard InChI is InChI=1S/C24H22N4O3/c1-22-19(15-5-7-17(29-2)8-6-15)24(13-27,21(28)31-22)23(11-25,12-26)20(30-22)18-10-14-3-4-16(18)9-14/h3-8,14,16,18-20,28H,9-10H2,1-2H3. The maximum absolute atomic E-state index is 10.5. The topological polar surface area (TPSA) is 123 Å². The van der Waals surface area contributed by atoms with E-state index in [1.165, 1.54) is 0 Å². The van der Waals surface area contributed by atoms with E-state index in [2.05, 4.69) is 30.4 Å². The fourth-order valence-corrected chi connectivity index (χ4v) is 6.39. The van der Waals surface area contributed by atoms with Gasteiger partial charge in [-0.25, -0.2) is 0 Å². The zero-order valence-corrected chi connectivity index (χ0v) is 17.3. The second-order valence-corrected chi connectivity index (χ2v) is 9.09. The fourth-order valence-electron chi connectivity index (χ4n) is 6.39. The van der Waals surface area contributed by atoms with Gasteiger partial charge in [0.1, 0.15) is 5.75 Å². The minimum atomic E-state index is -1.87. The normalized spacial score (nSPS) is 41.1. The highest BCUT2D eigenvalue weighted by Crippen LogP contribution is 2.68. The molecule has 7 heteroatoms. The molecule has 156 valence electrons. The van der Waals surface area contributed by atoms with Crippen molar-refractivity contribution in [3.8, 4) is 24.0 Å². The molecule has 4 bridgehead atoms. The Morgan fingerprint density at radius 1 is 1.06 bits per heavy atom. The summed E-state index contributed by atoms with van der Waals surface area (Å²) in [5.41, 5.74) is -3.00. The molecule has 1 aromatic carbocycles. The van der Waals surface area contributed by atoms with Crippen molar-refractivity contribution in [1.29, 1.82) is 21.2 Å². The number of nitriles is 3. The van der Waals surface area contributed by atoms with Crippen LogP contribution in [0.5, 0.6) is 5.75 Å². The number of hydrogen-bond acceptors (Lipinski definition) is 7. The lowest BCUT2D eigenvalue weighted by Crippen LogP contribution is -2.63.